The standard InChI is InChI=1S/C31H41N3O2/c35-30(17-14-24-9-3-1-4-10-24)33-21-18-26(19-22-33)29(23-25-11-5-2-6-12-25)34(27-15-16-27)31(36)28-13-7-8-20-32-28/h2,5-8,11-13,20,24,26-27,29H,1,3-4,9-10,14-19,21-23H2. The Labute approximate surface area is 216 Å². The number of hydrogen-bond acceptors (Lipinski definition) is 3. The van der Waals surface area contributed by atoms with Gasteiger partial charge in [-0.05, 0) is 68.1 Å². The van der Waals surface area contributed by atoms with E-state index < -0.39 is 0 Å². The summed E-state index contributed by atoms with van der Waals surface area (Å²) in [4.78, 5) is 35.4. The van der Waals surface area contributed by atoms with Crippen LogP contribution in [0.15, 0.2) is 54.7 Å². The summed E-state index contributed by atoms with van der Waals surface area (Å²) in [6.07, 6.45) is 15.0. The van der Waals surface area contributed by atoms with E-state index in [2.05, 4.69) is 39.0 Å². The van der Waals surface area contributed by atoms with Gasteiger partial charge in [-0.2, -0.15) is 0 Å². The molecule has 2 amide bonds. The Morgan fingerprint density at radius 1 is 0.889 bits per heavy atom. The van der Waals surface area contributed by atoms with Crippen LogP contribution < -0.4 is 0 Å². The van der Waals surface area contributed by atoms with Crippen LogP contribution in [0.2, 0.25) is 0 Å². The number of pyridine rings is 1. The Morgan fingerprint density at radius 2 is 1.61 bits per heavy atom. The van der Waals surface area contributed by atoms with E-state index in [1.807, 2.05) is 24.3 Å². The first-order chi connectivity index (χ1) is 17.7. The molecular weight excluding hydrogens is 446 g/mol. The van der Waals surface area contributed by atoms with Crippen LogP contribution in [0.4, 0.5) is 0 Å². The zero-order valence-corrected chi connectivity index (χ0v) is 21.6. The maximum atomic E-state index is 13.7. The monoisotopic (exact) mass is 487 g/mol. The van der Waals surface area contributed by atoms with Gasteiger partial charge in [-0.1, -0.05) is 68.5 Å². The van der Waals surface area contributed by atoms with E-state index in [-0.39, 0.29) is 11.9 Å². The minimum atomic E-state index is 0.0602. The molecule has 5 rings (SSSR count). The van der Waals surface area contributed by atoms with Crippen LogP contribution in [0.3, 0.4) is 0 Å². The highest BCUT2D eigenvalue weighted by atomic mass is 16.2. The third-order valence-electron chi connectivity index (χ3n) is 8.63. The fourth-order valence-electron chi connectivity index (χ4n) is 6.40. The second-order valence-corrected chi connectivity index (χ2v) is 11.2. The fraction of sp³-hybridized carbons (Fsp3) is 0.581. The van der Waals surface area contributed by atoms with Gasteiger partial charge in [0.05, 0.1) is 0 Å². The third-order valence-corrected chi connectivity index (χ3v) is 8.63. The van der Waals surface area contributed by atoms with E-state index in [0.717, 1.165) is 57.5 Å². The van der Waals surface area contributed by atoms with Gasteiger partial charge in [0.15, 0.2) is 0 Å². The summed E-state index contributed by atoms with van der Waals surface area (Å²) in [5.74, 6) is 1.54. The first kappa shape index (κ1) is 25.0. The number of amides is 2. The second kappa shape index (κ2) is 12.0. The number of likely N-dealkylation sites (tertiary alicyclic amines) is 1. The van der Waals surface area contributed by atoms with Crippen LogP contribution in [0.25, 0.3) is 0 Å². The number of nitrogens with zero attached hydrogens (tertiary/aromatic N) is 3. The average molecular weight is 488 g/mol. The molecule has 192 valence electrons. The molecule has 1 aliphatic heterocycles. The Balaban J connectivity index is 1.26. The molecule has 1 unspecified atom stereocenters. The highest BCUT2D eigenvalue weighted by Gasteiger charge is 2.42. The van der Waals surface area contributed by atoms with Crippen LogP contribution in [0.5, 0.6) is 0 Å². The molecule has 0 radical (unpaired) electrons. The van der Waals surface area contributed by atoms with Crippen molar-refractivity contribution >= 4 is 11.8 Å². The van der Waals surface area contributed by atoms with Crippen molar-refractivity contribution < 1.29 is 9.59 Å². The molecular formula is C31H41N3O2. The average Bonchev–Trinajstić information content (AvgIpc) is 3.78. The van der Waals surface area contributed by atoms with Crippen molar-refractivity contribution in [2.24, 2.45) is 11.8 Å². The summed E-state index contributed by atoms with van der Waals surface area (Å²) in [7, 11) is 0. The number of benzene rings is 1. The van der Waals surface area contributed by atoms with E-state index in [9.17, 15) is 9.59 Å². The number of hydrogen-bond donors (Lipinski definition) is 0. The fourth-order valence-corrected chi connectivity index (χ4v) is 6.40. The minimum Gasteiger partial charge on any atom is -0.343 e. The molecule has 2 heterocycles. The van der Waals surface area contributed by atoms with Crippen molar-refractivity contribution in [3.05, 3.63) is 66.0 Å². The van der Waals surface area contributed by atoms with E-state index in [4.69, 9.17) is 0 Å². The summed E-state index contributed by atoms with van der Waals surface area (Å²) in [5, 5.41) is 0. The number of piperidine rings is 1. The van der Waals surface area contributed by atoms with Gasteiger partial charge in [-0.15, -0.1) is 0 Å². The van der Waals surface area contributed by atoms with Crippen molar-refractivity contribution in [2.45, 2.75) is 89.1 Å². The molecule has 2 aliphatic carbocycles. The molecule has 0 bridgehead atoms. The molecule has 2 saturated carbocycles. The number of aromatic nitrogens is 1. The number of carbonyl (C=O) groups is 2. The summed E-state index contributed by atoms with van der Waals surface area (Å²) >= 11 is 0. The number of rotatable bonds is 9. The summed E-state index contributed by atoms with van der Waals surface area (Å²) in [6.45, 7) is 1.63. The lowest BCUT2D eigenvalue weighted by Gasteiger charge is -2.42. The van der Waals surface area contributed by atoms with Crippen molar-refractivity contribution in [1.29, 1.82) is 0 Å². The molecule has 1 saturated heterocycles. The third kappa shape index (κ3) is 6.35. The van der Waals surface area contributed by atoms with Crippen LogP contribution >= 0.6 is 0 Å². The maximum absolute atomic E-state index is 13.7. The first-order valence-electron chi connectivity index (χ1n) is 14.2. The maximum Gasteiger partial charge on any atom is 0.272 e. The van der Waals surface area contributed by atoms with Crippen LogP contribution in [0.1, 0.15) is 86.7 Å². The highest BCUT2D eigenvalue weighted by molar-refractivity contribution is 5.93. The lowest BCUT2D eigenvalue weighted by molar-refractivity contribution is -0.133. The Kier molecular flexibility index (Phi) is 8.35. The summed E-state index contributed by atoms with van der Waals surface area (Å²) in [6, 6.07) is 16.6. The Hall–Kier alpha value is -2.69. The molecule has 1 atom stereocenters. The van der Waals surface area contributed by atoms with E-state index in [0.29, 0.717) is 30.0 Å². The largest absolute Gasteiger partial charge is 0.343 e. The smallest absolute Gasteiger partial charge is 0.272 e. The normalized spacial score (nSPS) is 20.2. The predicted octanol–water partition coefficient (Wildman–Crippen LogP) is 5.90. The predicted molar refractivity (Wildman–Crippen MR) is 142 cm³/mol. The summed E-state index contributed by atoms with van der Waals surface area (Å²) in [5.41, 5.74) is 1.81. The van der Waals surface area contributed by atoms with E-state index >= 15 is 0 Å². The van der Waals surface area contributed by atoms with Crippen LogP contribution in [-0.4, -0.2) is 51.8 Å². The molecule has 3 fully saturated rings. The zero-order chi connectivity index (χ0) is 24.7. The summed E-state index contributed by atoms with van der Waals surface area (Å²) < 4.78 is 0. The second-order valence-electron chi connectivity index (χ2n) is 11.2. The van der Waals surface area contributed by atoms with Gasteiger partial charge >= 0.3 is 0 Å². The van der Waals surface area contributed by atoms with Crippen molar-refractivity contribution in [1.82, 2.24) is 14.8 Å². The van der Waals surface area contributed by atoms with Gasteiger partial charge in [0, 0.05) is 37.8 Å². The Morgan fingerprint density at radius 3 is 2.28 bits per heavy atom. The molecule has 3 aliphatic rings. The van der Waals surface area contributed by atoms with Gasteiger partial charge in [0.2, 0.25) is 5.91 Å². The lowest BCUT2D eigenvalue weighted by atomic mass is 9.84. The molecule has 0 N–H and O–H groups in total. The number of carbonyl (C=O) groups excluding carboxylic acids is 2. The van der Waals surface area contributed by atoms with Gasteiger partial charge in [-0.25, -0.2) is 0 Å². The first-order valence-corrected chi connectivity index (χ1v) is 14.2. The van der Waals surface area contributed by atoms with E-state index in [1.54, 1.807) is 6.20 Å². The topological polar surface area (TPSA) is 53.5 Å². The van der Waals surface area contributed by atoms with E-state index in [1.165, 1.54) is 37.7 Å². The molecule has 36 heavy (non-hydrogen) atoms. The van der Waals surface area contributed by atoms with Gasteiger partial charge in [0.1, 0.15) is 5.69 Å². The molecule has 2 aromatic rings. The lowest BCUT2D eigenvalue weighted by Crippen LogP contribution is -2.51. The van der Waals surface area contributed by atoms with Crippen LogP contribution in [-0.2, 0) is 11.2 Å². The molecule has 5 heteroatoms. The van der Waals surface area contributed by atoms with Gasteiger partial charge in [-0.3, -0.25) is 14.6 Å². The quantitative estimate of drug-likeness (QED) is 0.443. The van der Waals surface area contributed by atoms with Gasteiger partial charge in [0.25, 0.3) is 5.91 Å². The molecule has 1 aromatic carbocycles. The van der Waals surface area contributed by atoms with Crippen molar-refractivity contribution in [2.75, 3.05) is 13.1 Å². The van der Waals surface area contributed by atoms with Crippen molar-refractivity contribution in [3.8, 4) is 0 Å². The molecule has 1 aromatic heterocycles. The Bertz CT molecular complexity index is 977. The molecule has 5 nitrogen and oxygen atoms in total. The van der Waals surface area contributed by atoms with Gasteiger partial charge < -0.3 is 9.80 Å². The highest BCUT2D eigenvalue weighted by Crippen LogP contribution is 2.36. The van der Waals surface area contributed by atoms with Crippen molar-refractivity contribution in [3.63, 3.8) is 0 Å². The van der Waals surface area contributed by atoms with Crippen LogP contribution in [0, 0.1) is 11.8 Å². The zero-order valence-electron chi connectivity index (χ0n) is 21.6. The minimum absolute atomic E-state index is 0.0602. The SMILES string of the molecule is O=C(CCC1CCCCC1)N1CCC(C(Cc2ccccc2)N(C(=O)c2ccccn2)C2CC2)CC1. The molecule has 0 spiro atoms.